The van der Waals surface area contributed by atoms with Crippen LogP contribution in [0.15, 0.2) is 6.20 Å². The van der Waals surface area contributed by atoms with E-state index in [1.165, 1.54) is 19.0 Å². The lowest BCUT2D eigenvalue weighted by Gasteiger charge is -2.27. The first kappa shape index (κ1) is 12.4. The first-order valence-corrected chi connectivity index (χ1v) is 6.78. The van der Waals surface area contributed by atoms with E-state index < -0.39 is 0 Å². The molecule has 1 amide bonds. The fourth-order valence-corrected chi connectivity index (χ4v) is 2.68. The van der Waals surface area contributed by atoms with Gasteiger partial charge in [0.1, 0.15) is 0 Å². The van der Waals surface area contributed by atoms with Crippen LogP contribution in [-0.2, 0) is 0 Å². The SMILES string of the molecule is NCC1CCC(CNC(=O)c2cnsn2)CC1. The Kier molecular flexibility index (Phi) is 4.44. The lowest BCUT2D eigenvalue weighted by molar-refractivity contribution is 0.0937. The van der Waals surface area contributed by atoms with Crippen LogP contribution in [0.4, 0.5) is 0 Å². The highest BCUT2D eigenvalue weighted by molar-refractivity contribution is 6.99. The van der Waals surface area contributed by atoms with Crippen LogP contribution in [0.25, 0.3) is 0 Å². The molecule has 1 saturated carbocycles. The molecule has 1 aromatic rings. The van der Waals surface area contributed by atoms with Gasteiger partial charge in [-0.25, -0.2) is 0 Å². The van der Waals surface area contributed by atoms with Crippen LogP contribution in [0.5, 0.6) is 0 Å². The molecule has 1 aromatic heterocycles. The predicted octanol–water partition coefficient (Wildman–Crippen LogP) is 1.03. The van der Waals surface area contributed by atoms with Crippen molar-refractivity contribution in [1.29, 1.82) is 0 Å². The first-order chi connectivity index (χ1) is 8.29. The van der Waals surface area contributed by atoms with Crippen molar-refractivity contribution in [3.8, 4) is 0 Å². The molecule has 0 atom stereocenters. The molecule has 0 unspecified atom stereocenters. The maximum atomic E-state index is 11.6. The Labute approximate surface area is 105 Å². The van der Waals surface area contributed by atoms with Crippen LogP contribution in [0.1, 0.15) is 36.2 Å². The average molecular weight is 254 g/mol. The molecule has 0 aromatic carbocycles. The van der Waals surface area contributed by atoms with Crippen molar-refractivity contribution in [1.82, 2.24) is 14.1 Å². The van der Waals surface area contributed by atoms with Gasteiger partial charge < -0.3 is 11.1 Å². The van der Waals surface area contributed by atoms with Gasteiger partial charge in [0.15, 0.2) is 5.69 Å². The number of carbonyl (C=O) groups excluding carboxylic acids is 1. The van der Waals surface area contributed by atoms with Crippen molar-refractivity contribution in [2.24, 2.45) is 17.6 Å². The zero-order valence-corrected chi connectivity index (χ0v) is 10.6. The average Bonchev–Trinajstić information content (AvgIpc) is 2.90. The van der Waals surface area contributed by atoms with Gasteiger partial charge in [0.25, 0.3) is 5.91 Å². The van der Waals surface area contributed by atoms with Gasteiger partial charge in [-0.3, -0.25) is 4.79 Å². The van der Waals surface area contributed by atoms with E-state index in [2.05, 4.69) is 14.1 Å². The molecule has 3 N–H and O–H groups in total. The lowest BCUT2D eigenvalue weighted by Crippen LogP contribution is -2.32. The number of rotatable bonds is 4. The molecule has 0 radical (unpaired) electrons. The minimum atomic E-state index is -0.111. The fraction of sp³-hybridized carbons (Fsp3) is 0.727. The van der Waals surface area contributed by atoms with E-state index in [-0.39, 0.29) is 5.91 Å². The number of hydrogen-bond acceptors (Lipinski definition) is 5. The number of aromatic nitrogens is 2. The molecule has 2 rings (SSSR count). The summed E-state index contributed by atoms with van der Waals surface area (Å²) in [4.78, 5) is 11.6. The number of hydrogen-bond donors (Lipinski definition) is 2. The molecular formula is C11H18N4OS. The van der Waals surface area contributed by atoms with Crippen LogP contribution < -0.4 is 11.1 Å². The van der Waals surface area contributed by atoms with Crippen LogP contribution >= 0.6 is 11.7 Å². The van der Waals surface area contributed by atoms with Crippen LogP contribution in [0.2, 0.25) is 0 Å². The lowest BCUT2D eigenvalue weighted by atomic mass is 9.82. The van der Waals surface area contributed by atoms with E-state index in [4.69, 9.17) is 5.73 Å². The van der Waals surface area contributed by atoms with Crippen molar-refractivity contribution in [3.63, 3.8) is 0 Å². The second-order valence-corrected chi connectivity index (χ2v) is 5.18. The molecule has 6 heteroatoms. The van der Waals surface area contributed by atoms with Crippen molar-refractivity contribution in [3.05, 3.63) is 11.9 Å². The second kappa shape index (κ2) is 6.07. The van der Waals surface area contributed by atoms with Gasteiger partial charge >= 0.3 is 0 Å². The summed E-state index contributed by atoms with van der Waals surface area (Å²) < 4.78 is 7.72. The molecule has 0 spiro atoms. The Balaban J connectivity index is 1.71. The summed E-state index contributed by atoms with van der Waals surface area (Å²) in [7, 11) is 0. The third-order valence-electron chi connectivity index (χ3n) is 3.44. The smallest absolute Gasteiger partial charge is 0.272 e. The van der Waals surface area contributed by atoms with E-state index in [1.54, 1.807) is 0 Å². The Morgan fingerprint density at radius 1 is 1.41 bits per heavy atom. The molecule has 1 aliphatic rings. The minimum Gasteiger partial charge on any atom is -0.350 e. The number of amides is 1. The summed E-state index contributed by atoms with van der Waals surface area (Å²) in [5.74, 6) is 1.16. The molecule has 17 heavy (non-hydrogen) atoms. The van der Waals surface area contributed by atoms with Gasteiger partial charge in [-0.15, -0.1) is 0 Å². The van der Waals surface area contributed by atoms with Crippen molar-refractivity contribution < 1.29 is 4.79 Å². The zero-order valence-electron chi connectivity index (χ0n) is 9.76. The number of nitrogens with two attached hydrogens (primary N) is 1. The zero-order chi connectivity index (χ0) is 12.1. The van der Waals surface area contributed by atoms with E-state index in [0.717, 1.165) is 37.7 Å². The number of nitrogens with zero attached hydrogens (tertiary/aromatic N) is 2. The molecular weight excluding hydrogens is 236 g/mol. The van der Waals surface area contributed by atoms with Gasteiger partial charge in [-0.2, -0.15) is 8.75 Å². The molecule has 1 fully saturated rings. The summed E-state index contributed by atoms with van der Waals surface area (Å²) in [6.07, 6.45) is 6.21. The van der Waals surface area contributed by atoms with Gasteiger partial charge in [0, 0.05) is 6.54 Å². The Morgan fingerprint density at radius 2 is 2.12 bits per heavy atom. The Bertz CT molecular complexity index is 346. The summed E-state index contributed by atoms with van der Waals surface area (Å²) >= 11 is 1.06. The van der Waals surface area contributed by atoms with Crippen LogP contribution in [0.3, 0.4) is 0 Å². The summed E-state index contributed by atoms with van der Waals surface area (Å²) in [6, 6.07) is 0. The maximum absolute atomic E-state index is 11.6. The predicted molar refractivity (Wildman–Crippen MR) is 66.7 cm³/mol. The highest BCUT2D eigenvalue weighted by Gasteiger charge is 2.20. The molecule has 0 bridgehead atoms. The normalized spacial score (nSPS) is 24.5. The van der Waals surface area contributed by atoms with Crippen molar-refractivity contribution >= 4 is 17.6 Å². The van der Waals surface area contributed by atoms with Gasteiger partial charge in [-0.05, 0) is 44.1 Å². The second-order valence-electron chi connectivity index (χ2n) is 4.63. The van der Waals surface area contributed by atoms with E-state index in [1.807, 2.05) is 0 Å². The molecule has 1 aliphatic carbocycles. The van der Waals surface area contributed by atoms with Gasteiger partial charge in [0.2, 0.25) is 0 Å². The molecule has 0 saturated heterocycles. The number of nitrogens with one attached hydrogen (secondary N) is 1. The van der Waals surface area contributed by atoms with Crippen LogP contribution in [-0.4, -0.2) is 27.7 Å². The van der Waals surface area contributed by atoms with Gasteiger partial charge in [0.05, 0.1) is 17.9 Å². The van der Waals surface area contributed by atoms with Crippen molar-refractivity contribution in [2.45, 2.75) is 25.7 Å². The quantitative estimate of drug-likeness (QED) is 0.841. The third-order valence-corrected chi connectivity index (χ3v) is 3.92. The van der Waals surface area contributed by atoms with E-state index in [9.17, 15) is 4.79 Å². The molecule has 1 heterocycles. The minimum absolute atomic E-state index is 0.111. The highest BCUT2D eigenvalue weighted by atomic mass is 32.1. The van der Waals surface area contributed by atoms with E-state index >= 15 is 0 Å². The molecule has 0 aliphatic heterocycles. The standard InChI is InChI=1S/C11H18N4OS/c12-5-8-1-3-9(4-2-8)6-13-11(16)10-7-14-17-15-10/h7-9H,1-6,12H2,(H,13,16). The fourth-order valence-electron chi connectivity index (χ4n) is 2.26. The first-order valence-electron chi connectivity index (χ1n) is 6.05. The molecule has 5 nitrogen and oxygen atoms in total. The summed E-state index contributed by atoms with van der Waals surface area (Å²) in [5.41, 5.74) is 6.07. The Morgan fingerprint density at radius 3 is 2.71 bits per heavy atom. The third kappa shape index (κ3) is 3.47. The maximum Gasteiger partial charge on any atom is 0.272 e. The topological polar surface area (TPSA) is 80.9 Å². The summed E-state index contributed by atoms with van der Waals surface area (Å²) in [5, 5.41) is 2.92. The van der Waals surface area contributed by atoms with Crippen LogP contribution in [0, 0.1) is 11.8 Å². The van der Waals surface area contributed by atoms with Gasteiger partial charge in [-0.1, -0.05) is 0 Å². The van der Waals surface area contributed by atoms with E-state index in [0.29, 0.717) is 17.5 Å². The monoisotopic (exact) mass is 254 g/mol. The number of carbonyl (C=O) groups is 1. The summed E-state index contributed by atoms with van der Waals surface area (Å²) in [6.45, 7) is 1.54. The largest absolute Gasteiger partial charge is 0.350 e. The highest BCUT2D eigenvalue weighted by Crippen LogP contribution is 2.27. The van der Waals surface area contributed by atoms with Crippen molar-refractivity contribution in [2.75, 3.05) is 13.1 Å². The Hall–Kier alpha value is -1.01. The molecule has 94 valence electrons.